The number of nitrogens with one attached hydrogen (secondary N) is 2. The Morgan fingerprint density at radius 2 is 1.62 bits per heavy atom. The minimum absolute atomic E-state index is 0.245. The summed E-state index contributed by atoms with van der Waals surface area (Å²) < 4.78 is 5.45. The van der Waals surface area contributed by atoms with Gasteiger partial charge < -0.3 is 14.2 Å². The van der Waals surface area contributed by atoms with Crippen LogP contribution in [0.5, 0.6) is 0 Å². The Bertz CT molecular complexity index is 1060. The molecule has 1 saturated heterocycles. The van der Waals surface area contributed by atoms with Gasteiger partial charge >= 0.3 is 5.63 Å². The Morgan fingerprint density at radius 1 is 0.931 bits per heavy atom. The topological polar surface area (TPSA) is 39.1 Å². The molecule has 3 aromatic rings. The van der Waals surface area contributed by atoms with E-state index in [0.29, 0.717) is 5.58 Å². The molecule has 2 N–H and O–H groups in total. The number of hydrogen-bond donors (Lipinski definition) is 2. The van der Waals surface area contributed by atoms with Crippen molar-refractivity contribution in [2.45, 2.75) is 20.4 Å². The molecule has 150 valence electrons. The predicted molar refractivity (Wildman–Crippen MR) is 117 cm³/mol. The number of fused-ring (bicyclic) bond motifs is 1. The fourth-order valence-corrected chi connectivity index (χ4v) is 4.16. The normalized spacial score (nSPS) is 19.8. The van der Waals surface area contributed by atoms with Crippen molar-refractivity contribution < 1.29 is 14.2 Å². The first-order valence-corrected chi connectivity index (χ1v) is 10.5. The van der Waals surface area contributed by atoms with Gasteiger partial charge in [-0.15, -0.1) is 0 Å². The van der Waals surface area contributed by atoms with E-state index in [1.807, 2.05) is 12.1 Å². The largest absolute Gasteiger partial charge is 0.423 e. The van der Waals surface area contributed by atoms with Crippen LogP contribution in [-0.2, 0) is 6.54 Å². The van der Waals surface area contributed by atoms with Gasteiger partial charge in [-0.2, -0.15) is 0 Å². The third-order valence-electron chi connectivity index (χ3n) is 6.07. The number of quaternary nitrogens is 2. The van der Waals surface area contributed by atoms with Crippen molar-refractivity contribution in [3.05, 3.63) is 87.3 Å². The maximum absolute atomic E-state index is 12.0. The molecule has 4 rings (SSSR count). The zero-order valence-corrected chi connectivity index (χ0v) is 17.3. The molecule has 1 aliphatic rings. The molecule has 0 bridgehead atoms. The average Bonchev–Trinajstić information content (AvgIpc) is 2.71. The van der Waals surface area contributed by atoms with E-state index in [0.717, 1.165) is 55.8 Å². The predicted octanol–water partition coefficient (Wildman–Crippen LogP) is 1.41. The summed E-state index contributed by atoms with van der Waals surface area (Å²) in [4.78, 5) is 15.2. The third kappa shape index (κ3) is 4.84. The minimum Gasteiger partial charge on any atom is -0.423 e. The van der Waals surface area contributed by atoms with Gasteiger partial charge in [0.1, 0.15) is 38.3 Å². The van der Waals surface area contributed by atoms with Gasteiger partial charge in [-0.3, -0.25) is 0 Å². The fraction of sp³-hybridized carbons (Fsp3) is 0.320. The van der Waals surface area contributed by atoms with Crippen LogP contribution >= 0.6 is 0 Å². The van der Waals surface area contributed by atoms with Crippen molar-refractivity contribution in [3.63, 3.8) is 0 Å². The SMILES string of the molecule is Cc1cc2oc(=O)cc(C[NH+]3CC[NH+](C/C=C/c4ccccc4)CC3)c2cc1C. The van der Waals surface area contributed by atoms with Gasteiger partial charge in [0.05, 0.1) is 6.54 Å². The second kappa shape index (κ2) is 8.76. The maximum Gasteiger partial charge on any atom is 0.336 e. The summed E-state index contributed by atoms with van der Waals surface area (Å²) in [6.45, 7) is 10.7. The Kier molecular flexibility index (Phi) is 5.93. The average molecular weight is 391 g/mol. The van der Waals surface area contributed by atoms with Gasteiger partial charge in [0.15, 0.2) is 0 Å². The Balaban J connectivity index is 1.38. The number of piperazine rings is 1. The van der Waals surface area contributed by atoms with Gasteiger partial charge in [0.2, 0.25) is 0 Å². The van der Waals surface area contributed by atoms with Crippen molar-refractivity contribution in [2.75, 3.05) is 32.7 Å². The molecule has 1 aliphatic heterocycles. The third-order valence-corrected chi connectivity index (χ3v) is 6.07. The summed E-state index contributed by atoms with van der Waals surface area (Å²) >= 11 is 0. The first kappa shape index (κ1) is 19.6. The highest BCUT2D eigenvalue weighted by Crippen LogP contribution is 2.21. The van der Waals surface area contributed by atoms with Gasteiger partial charge in [-0.05, 0) is 48.7 Å². The number of rotatable bonds is 5. The lowest BCUT2D eigenvalue weighted by atomic mass is 10.0. The van der Waals surface area contributed by atoms with Crippen molar-refractivity contribution in [3.8, 4) is 0 Å². The first-order chi connectivity index (χ1) is 14.1. The molecule has 4 nitrogen and oxygen atoms in total. The number of benzene rings is 2. The second-order valence-corrected chi connectivity index (χ2v) is 8.22. The number of hydrogen-bond acceptors (Lipinski definition) is 2. The summed E-state index contributed by atoms with van der Waals surface area (Å²) in [5.74, 6) is 0. The second-order valence-electron chi connectivity index (χ2n) is 8.22. The van der Waals surface area contributed by atoms with Gasteiger partial charge in [0.25, 0.3) is 0 Å². The van der Waals surface area contributed by atoms with E-state index in [-0.39, 0.29) is 5.63 Å². The minimum atomic E-state index is -0.245. The molecular weight excluding hydrogens is 360 g/mol. The van der Waals surface area contributed by atoms with E-state index in [1.54, 1.807) is 15.9 Å². The fourth-order valence-electron chi connectivity index (χ4n) is 4.16. The molecule has 4 heteroatoms. The van der Waals surface area contributed by atoms with E-state index in [4.69, 9.17) is 4.42 Å². The molecular formula is C25H30N2O2+2. The van der Waals surface area contributed by atoms with Crippen LogP contribution < -0.4 is 15.4 Å². The number of aryl methyl sites for hydroxylation is 2. The van der Waals surface area contributed by atoms with Crippen LogP contribution in [0.4, 0.5) is 0 Å². The summed E-state index contributed by atoms with van der Waals surface area (Å²) in [5, 5.41) is 1.08. The van der Waals surface area contributed by atoms with E-state index in [9.17, 15) is 4.79 Å². The Hall–Kier alpha value is -2.69. The summed E-state index contributed by atoms with van der Waals surface area (Å²) in [7, 11) is 0. The van der Waals surface area contributed by atoms with Gasteiger partial charge in [-0.1, -0.05) is 36.4 Å². The van der Waals surface area contributed by atoms with Gasteiger partial charge in [0, 0.05) is 17.0 Å². The smallest absolute Gasteiger partial charge is 0.336 e. The van der Waals surface area contributed by atoms with Crippen molar-refractivity contribution in [1.29, 1.82) is 0 Å². The van der Waals surface area contributed by atoms with Crippen molar-refractivity contribution in [1.82, 2.24) is 0 Å². The quantitative estimate of drug-likeness (QED) is 0.647. The molecule has 0 atom stereocenters. The molecule has 29 heavy (non-hydrogen) atoms. The maximum atomic E-state index is 12.0. The highest BCUT2D eigenvalue weighted by molar-refractivity contribution is 5.81. The summed E-state index contributed by atoms with van der Waals surface area (Å²) in [5.41, 5.74) is 5.24. The molecule has 2 heterocycles. The van der Waals surface area contributed by atoms with Crippen molar-refractivity contribution in [2.24, 2.45) is 0 Å². The molecule has 1 aromatic heterocycles. The molecule has 0 aliphatic carbocycles. The first-order valence-electron chi connectivity index (χ1n) is 10.5. The lowest BCUT2D eigenvalue weighted by Crippen LogP contribution is -3.27. The molecule has 0 amide bonds. The van der Waals surface area contributed by atoms with Crippen LogP contribution in [-0.4, -0.2) is 32.7 Å². The Morgan fingerprint density at radius 3 is 2.38 bits per heavy atom. The standard InChI is InChI=1S/C25H28N2O2/c1-19-15-23-22(17-25(28)29-24(23)16-20(19)2)18-27-13-11-26(12-14-27)10-6-9-21-7-4-3-5-8-21/h3-9,15-17H,10-14,18H2,1-2H3/p+2/b9-6+. The highest BCUT2D eigenvalue weighted by atomic mass is 16.4. The molecule has 0 spiro atoms. The molecule has 0 radical (unpaired) electrons. The van der Waals surface area contributed by atoms with Crippen LogP contribution in [0.25, 0.3) is 17.0 Å². The van der Waals surface area contributed by atoms with Crippen LogP contribution in [0.3, 0.4) is 0 Å². The van der Waals surface area contributed by atoms with Crippen molar-refractivity contribution >= 4 is 17.0 Å². The summed E-state index contributed by atoms with van der Waals surface area (Å²) in [6.07, 6.45) is 4.50. The molecule has 2 aromatic carbocycles. The molecule has 1 fully saturated rings. The van der Waals surface area contributed by atoms with Crippen LogP contribution in [0.1, 0.15) is 22.3 Å². The zero-order valence-electron chi connectivity index (χ0n) is 17.3. The zero-order chi connectivity index (χ0) is 20.2. The van der Waals surface area contributed by atoms with Crippen LogP contribution in [0.15, 0.2) is 63.8 Å². The van der Waals surface area contributed by atoms with E-state index in [1.165, 1.54) is 11.1 Å². The van der Waals surface area contributed by atoms with E-state index < -0.39 is 0 Å². The highest BCUT2D eigenvalue weighted by Gasteiger charge is 2.23. The molecule has 0 unspecified atom stereocenters. The summed E-state index contributed by atoms with van der Waals surface area (Å²) in [6, 6.07) is 16.3. The lowest BCUT2D eigenvalue weighted by Gasteiger charge is -2.29. The van der Waals surface area contributed by atoms with Crippen LogP contribution in [0, 0.1) is 13.8 Å². The van der Waals surface area contributed by atoms with Gasteiger partial charge in [-0.25, -0.2) is 4.79 Å². The lowest BCUT2D eigenvalue weighted by molar-refractivity contribution is -1.02. The van der Waals surface area contributed by atoms with Crippen LogP contribution in [0.2, 0.25) is 0 Å². The van der Waals surface area contributed by atoms with E-state index in [2.05, 4.69) is 56.3 Å². The Labute approximate surface area is 172 Å². The monoisotopic (exact) mass is 390 g/mol. The van der Waals surface area contributed by atoms with E-state index >= 15 is 0 Å². The molecule has 0 saturated carbocycles.